The highest BCUT2D eigenvalue weighted by molar-refractivity contribution is 6.11. The second-order valence-electron chi connectivity index (χ2n) is 7.85. The summed E-state index contributed by atoms with van der Waals surface area (Å²) in [5, 5.41) is 41.8. The molecule has 0 fully saturated rings. The van der Waals surface area contributed by atoms with Crippen LogP contribution in [0.1, 0.15) is 54.9 Å². The third kappa shape index (κ3) is 5.05. The van der Waals surface area contributed by atoms with Gasteiger partial charge >= 0.3 is 5.97 Å². The summed E-state index contributed by atoms with van der Waals surface area (Å²) in [7, 11) is 0. The molecule has 0 unspecified atom stereocenters. The van der Waals surface area contributed by atoms with Gasteiger partial charge in [-0.05, 0) is 49.1 Å². The number of carbonyl (C=O) groups is 1. The van der Waals surface area contributed by atoms with Crippen LogP contribution in [0, 0.1) is 13.8 Å². The maximum atomic E-state index is 10.8. The fourth-order valence-electron chi connectivity index (χ4n) is 3.39. The average molecular weight is 431 g/mol. The average Bonchev–Trinajstić information content (AvgIpc) is 2.69. The van der Waals surface area contributed by atoms with E-state index in [2.05, 4.69) is 9.98 Å². The quantitative estimate of drug-likeness (QED) is 0.169. The zero-order valence-corrected chi connectivity index (χ0v) is 18.2. The Hall–Kier alpha value is -3.33. The predicted octanol–water partition coefficient (Wildman–Crippen LogP) is 2.62. The molecular formula is C22H30N4O5. The number of aromatic hydroxyl groups is 3. The molecule has 0 spiro atoms. The van der Waals surface area contributed by atoms with Gasteiger partial charge in [-0.2, -0.15) is 0 Å². The molecule has 8 N–H and O–H groups in total. The Bertz CT molecular complexity index is 1060. The molecule has 0 aliphatic heterocycles. The molecule has 1 atom stereocenters. The van der Waals surface area contributed by atoms with Gasteiger partial charge in [0.25, 0.3) is 0 Å². The number of rotatable bonds is 7. The number of nitrogens with zero attached hydrogens (tertiary/aromatic N) is 2. The van der Waals surface area contributed by atoms with E-state index < -0.39 is 17.8 Å². The molecule has 9 heteroatoms. The summed E-state index contributed by atoms with van der Waals surface area (Å²) in [6.45, 7) is 7.63. The van der Waals surface area contributed by atoms with Gasteiger partial charge in [0.2, 0.25) is 5.96 Å². The van der Waals surface area contributed by atoms with E-state index in [0.29, 0.717) is 28.3 Å². The number of nitrogens with two attached hydrogens (primary N) is 2. The highest BCUT2D eigenvalue weighted by atomic mass is 16.4. The largest absolute Gasteiger partial charge is 0.507 e. The van der Waals surface area contributed by atoms with Crippen LogP contribution in [0.3, 0.4) is 0 Å². The van der Waals surface area contributed by atoms with Crippen molar-refractivity contribution in [2.24, 2.45) is 21.5 Å². The van der Waals surface area contributed by atoms with Gasteiger partial charge in [-0.25, -0.2) is 4.99 Å². The first-order chi connectivity index (χ1) is 14.5. The number of carboxylic acid groups (broad SMARTS) is 1. The molecule has 0 saturated carbocycles. The molecule has 0 saturated heterocycles. The number of aliphatic imine (C=N–C) groups is 2. The Balaban J connectivity index is 2.47. The SMILES string of the molecule is Cc1cc2c(C(C)C)c(O)c(O)c(C=NC(N)=NCCC[C@H](N)C(=O)O)c2c(O)c1C. The maximum absolute atomic E-state index is 10.8. The lowest BCUT2D eigenvalue weighted by molar-refractivity contribution is -0.138. The summed E-state index contributed by atoms with van der Waals surface area (Å²) in [4.78, 5) is 18.8. The van der Waals surface area contributed by atoms with E-state index in [9.17, 15) is 20.1 Å². The fourth-order valence-corrected chi connectivity index (χ4v) is 3.39. The van der Waals surface area contributed by atoms with Crippen molar-refractivity contribution < 1.29 is 25.2 Å². The maximum Gasteiger partial charge on any atom is 0.320 e. The molecule has 0 amide bonds. The summed E-state index contributed by atoms with van der Waals surface area (Å²) < 4.78 is 0. The number of aliphatic carboxylic acids is 1. The number of guanidine groups is 1. The second-order valence-corrected chi connectivity index (χ2v) is 7.85. The second kappa shape index (κ2) is 9.65. The number of fused-ring (bicyclic) bond motifs is 1. The van der Waals surface area contributed by atoms with Gasteiger partial charge in [-0.15, -0.1) is 0 Å². The third-order valence-corrected chi connectivity index (χ3v) is 5.28. The number of hydrogen-bond donors (Lipinski definition) is 6. The van der Waals surface area contributed by atoms with Crippen molar-refractivity contribution >= 4 is 28.9 Å². The van der Waals surface area contributed by atoms with Crippen molar-refractivity contribution in [3.63, 3.8) is 0 Å². The van der Waals surface area contributed by atoms with E-state index >= 15 is 0 Å². The lowest BCUT2D eigenvalue weighted by Gasteiger charge is -2.19. The molecular weight excluding hydrogens is 400 g/mol. The molecule has 2 rings (SSSR count). The van der Waals surface area contributed by atoms with E-state index in [1.807, 2.05) is 26.8 Å². The highest BCUT2D eigenvalue weighted by Gasteiger charge is 2.23. The summed E-state index contributed by atoms with van der Waals surface area (Å²) in [5.74, 6) is -1.96. The molecule has 0 heterocycles. The number of phenols is 3. The molecule has 0 radical (unpaired) electrons. The van der Waals surface area contributed by atoms with E-state index in [1.54, 1.807) is 6.92 Å². The van der Waals surface area contributed by atoms with Gasteiger partial charge in [-0.1, -0.05) is 19.9 Å². The molecule has 2 aromatic carbocycles. The van der Waals surface area contributed by atoms with Crippen LogP contribution in [-0.4, -0.2) is 51.2 Å². The zero-order valence-electron chi connectivity index (χ0n) is 18.2. The monoisotopic (exact) mass is 430 g/mol. The summed E-state index contributed by atoms with van der Waals surface area (Å²) >= 11 is 0. The molecule has 2 aromatic rings. The summed E-state index contributed by atoms with van der Waals surface area (Å²) in [6, 6.07) is 0.902. The zero-order chi connectivity index (χ0) is 23.5. The minimum atomic E-state index is -1.08. The third-order valence-electron chi connectivity index (χ3n) is 5.28. The van der Waals surface area contributed by atoms with E-state index in [1.165, 1.54) is 6.21 Å². The normalized spacial score (nSPS) is 13.4. The van der Waals surface area contributed by atoms with Crippen molar-refractivity contribution in [1.82, 2.24) is 0 Å². The minimum Gasteiger partial charge on any atom is -0.507 e. The lowest BCUT2D eigenvalue weighted by atomic mass is 9.88. The van der Waals surface area contributed by atoms with Crippen molar-refractivity contribution in [2.75, 3.05) is 6.54 Å². The Kier molecular flexibility index (Phi) is 7.46. The van der Waals surface area contributed by atoms with Crippen LogP contribution in [0.5, 0.6) is 17.2 Å². The summed E-state index contributed by atoms with van der Waals surface area (Å²) in [6.07, 6.45) is 1.91. The van der Waals surface area contributed by atoms with Gasteiger partial charge in [-0.3, -0.25) is 9.79 Å². The van der Waals surface area contributed by atoms with Crippen molar-refractivity contribution in [1.29, 1.82) is 0 Å². The number of hydrogen-bond acceptors (Lipinski definition) is 6. The fraction of sp³-hybridized carbons (Fsp3) is 0.409. The van der Waals surface area contributed by atoms with E-state index in [-0.39, 0.29) is 41.9 Å². The van der Waals surface area contributed by atoms with Gasteiger partial charge in [0, 0.05) is 23.7 Å². The van der Waals surface area contributed by atoms with Crippen LogP contribution in [0.15, 0.2) is 16.1 Å². The molecule has 0 bridgehead atoms. The van der Waals surface area contributed by atoms with Crippen LogP contribution < -0.4 is 11.5 Å². The topological polar surface area (TPSA) is 175 Å². The van der Waals surface area contributed by atoms with Crippen LogP contribution in [0.25, 0.3) is 10.8 Å². The number of phenolic OH excluding ortho intramolecular Hbond substituents is 3. The van der Waals surface area contributed by atoms with Gasteiger partial charge in [0.05, 0.1) is 5.56 Å². The predicted molar refractivity (Wildman–Crippen MR) is 121 cm³/mol. The Morgan fingerprint density at radius 1 is 1.16 bits per heavy atom. The Morgan fingerprint density at radius 3 is 2.39 bits per heavy atom. The van der Waals surface area contributed by atoms with Crippen molar-refractivity contribution in [3.05, 3.63) is 28.3 Å². The molecule has 0 aromatic heterocycles. The van der Waals surface area contributed by atoms with Crippen molar-refractivity contribution in [2.45, 2.75) is 52.5 Å². The van der Waals surface area contributed by atoms with Crippen molar-refractivity contribution in [3.8, 4) is 17.2 Å². The number of benzene rings is 2. The van der Waals surface area contributed by atoms with Crippen LogP contribution in [-0.2, 0) is 4.79 Å². The molecule has 0 aliphatic rings. The molecule has 0 aliphatic carbocycles. The van der Waals surface area contributed by atoms with Gasteiger partial charge < -0.3 is 31.9 Å². The van der Waals surface area contributed by atoms with Gasteiger partial charge in [0.1, 0.15) is 11.8 Å². The highest BCUT2D eigenvalue weighted by Crippen LogP contribution is 2.47. The first kappa shape index (κ1) is 23.9. The standard InChI is InChI=1S/C22H30N4O5/c1-10(2)16-13-8-11(3)12(4)18(27)17(13)14(19(28)20(16)29)9-26-22(24)25-7-5-6-15(23)21(30)31/h8-10,15,27-29H,5-7,23H2,1-4H3,(H2,24,25)(H,30,31)/t15-/m0/s1. The minimum absolute atomic E-state index is 0.00758. The molecule has 9 nitrogen and oxygen atoms in total. The number of aryl methyl sites for hydroxylation is 1. The van der Waals surface area contributed by atoms with E-state index in [4.69, 9.17) is 16.6 Å². The smallest absolute Gasteiger partial charge is 0.320 e. The lowest BCUT2D eigenvalue weighted by Crippen LogP contribution is -2.30. The Morgan fingerprint density at radius 2 is 1.81 bits per heavy atom. The van der Waals surface area contributed by atoms with E-state index in [0.717, 1.165) is 5.56 Å². The van der Waals surface area contributed by atoms with Crippen LogP contribution in [0.4, 0.5) is 0 Å². The molecule has 31 heavy (non-hydrogen) atoms. The van der Waals surface area contributed by atoms with Crippen LogP contribution >= 0.6 is 0 Å². The number of carboxylic acids is 1. The first-order valence-corrected chi connectivity index (χ1v) is 10.00. The molecule has 168 valence electrons. The van der Waals surface area contributed by atoms with Gasteiger partial charge in [0.15, 0.2) is 11.5 Å². The Labute approximate surface area is 180 Å². The summed E-state index contributed by atoms with van der Waals surface area (Å²) in [5.41, 5.74) is 13.4. The van der Waals surface area contributed by atoms with Crippen LogP contribution in [0.2, 0.25) is 0 Å². The first-order valence-electron chi connectivity index (χ1n) is 10.00.